The third kappa shape index (κ3) is 4.10. The number of tetrazole rings is 1. The van der Waals surface area contributed by atoms with Gasteiger partial charge in [-0.15, -0.1) is 22.0 Å². The molecule has 0 atom stereocenters. The first-order valence-electron chi connectivity index (χ1n) is 9.11. The molecule has 0 bridgehead atoms. The number of nitrogens with one attached hydrogen (secondary N) is 4. The first kappa shape index (κ1) is 21.2. The number of sulfonamides is 1. The van der Waals surface area contributed by atoms with Crippen molar-refractivity contribution in [3.63, 3.8) is 0 Å². The Labute approximate surface area is 181 Å². The largest absolute Gasteiger partial charge is 0.385 e. The number of carbonyl (C=O) groups excluding carboxylic acids is 1. The van der Waals surface area contributed by atoms with Crippen LogP contribution in [0.2, 0.25) is 0 Å². The number of primary sulfonamides is 1. The zero-order valence-corrected chi connectivity index (χ0v) is 17.9. The van der Waals surface area contributed by atoms with Crippen molar-refractivity contribution >= 4 is 39.6 Å². The van der Waals surface area contributed by atoms with Crippen LogP contribution in [0.1, 0.15) is 0 Å². The van der Waals surface area contributed by atoms with Crippen molar-refractivity contribution in [2.24, 2.45) is 5.14 Å². The Morgan fingerprint density at radius 3 is 2.65 bits per heavy atom. The van der Waals surface area contributed by atoms with Gasteiger partial charge < -0.3 is 16.0 Å². The molecule has 3 heterocycles. The van der Waals surface area contributed by atoms with Crippen LogP contribution in [0.5, 0.6) is 0 Å². The standard InChI is InChI=1S/C17H19N9O3S2/c1-19-12-7-21-6-11(15(12)22-8-27)10-2-3-13(30-9-4-20-5-9)16(31(18,28)29)14(10)17-23-25-26-24-17/h2-3,6-9,19-20H,4-5H2,1H3,(H2,18,28,29)(H,21,22,27)(H,23,24,25,26). The van der Waals surface area contributed by atoms with E-state index in [0.29, 0.717) is 33.8 Å². The maximum atomic E-state index is 12.7. The zero-order chi connectivity index (χ0) is 22.0. The summed E-state index contributed by atoms with van der Waals surface area (Å²) in [6.45, 7) is 1.52. The fraction of sp³-hybridized carbons (Fsp3) is 0.235. The fourth-order valence-electron chi connectivity index (χ4n) is 3.25. The highest BCUT2D eigenvalue weighted by atomic mass is 32.2. The second-order valence-corrected chi connectivity index (χ2v) is 9.46. The number of rotatable bonds is 8. The normalized spacial score (nSPS) is 14.1. The smallest absolute Gasteiger partial charge is 0.239 e. The molecule has 0 aliphatic carbocycles. The Hall–Kier alpha value is -3.07. The summed E-state index contributed by atoms with van der Waals surface area (Å²) in [4.78, 5) is 15.8. The SMILES string of the molecule is CNc1cncc(-c2ccc(SC3CNC3)c(S(N)(=O)=O)c2-c2nn[nH]n2)c1NC=O. The van der Waals surface area contributed by atoms with Crippen LogP contribution < -0.4 is 21.1 Å². The second kappa shape index (κ2) is 8.58. The number of anilines is 2. The van der Waals surface area contributed by atoms with Crippen molar-refractivity contribution in [3.8, 4) is 22.5 Å². The topological polar surface area (TPSA) is 181 Å². The van der Waals surface area contributed by atoms with Gasteiger partial charge in [0.25, 0.3) is 0 Å². The molecule has 1 amide bonds. The Morgan fingerprint density at radius 2 is 2.06 bits per heavy atom. The third-order valence-electron chi connectivity index (χ3n) is 4.72. The zero-order valence-electron chi connectivity index (χ0n) is 16.3. The van der Waals surface area contributed by atoms with Gasteiger partial charge in [-0.25, -0.2) is 13.6 Å². The van der Waals surface area contributed by atoms with Gasteiger partial charge in [0, 0.05) is 42.0 Å². The Bertz CT molecular complexity index is 1210. The molecule has 12 nitrogen and oxygen atoms in total. The van der Waals surface area contributed by atoms with Gasteiger partial charge in [0.15, 0.2) is 0 Å². The van der Waals surface area contributed by atoms with Gasteiger partial charge in [0.1, 0.15) is 4.90 Å². The van der Waals surface area contributed by atoms with Crippen LogP contribution in [0.4, 0.5) is 11.4 Å². The molecule has 3 aromatic rings. The molecule has 31 heavy (non-hydrogen) atoms. The predicted octanol–water partition coefficient (Wildman–Crippen LogP) is 0.250. The summed E-state index contributed by atoms with van der Waals surface area (Å²) < 4.78 is 25.5. The van der Waals surface area contributed by atoms with E-state index in [4.69, 9.17) is 5.14 Å². The molecule has 4 rings (SSSR count). The summed E-state index contributed by atoms with van der Waals surface area (Å²) in [5, 5.41) is 28.6. The summed E-state index contributed by atoms with van der Waals surface area (Å²) in [6.07, 6.45) is 3.58. The minimum absolute atomic E-state index is 0.0557. The number of carbonyl (C=O) groups is 1. The summed E-state index contributed by atoms with van der Waals surface area (Å²) >= 11 is 1.41. The van der Waals surface area contributed by atoms with Crippen molar-refractivity contribution < 1.29 is 13.2 Å². The number of benzene rings is 1. The van der Waals surface area contributed by atoms with E-state index >= 15 is 0 Å². The molecule has 1 fully saturated rings. The number of aromatic nitrogens is 5. The summed E-state index contributed by atoms with van der Waals surface area (Å²) in [6, 6.07) is 3.43. The fourth-order valence-corrected chi connectivity index (χ4v) is 5.69. The number of nitrogens with two attached hydrogens (primary N) is 1. The molecule has 1 aliphatic heterocycles. The number of hydrogen-bond acceptors (Lipinski definition) is 10. The maximum absolute atomic E-state index is 12.7. The minimum atomic E-state index is -4.18. The lowest BCUT2D eigenvalue weighted by molar-refractivity contribution is -0.105. The minimum Gasteiger partial charge on any atom is -0.385 e. The molecule has 0 radical (unpaired) electrons. The van der Waals surface area contributed by atoms with Crippen LogP contribution in [0, 0.1) is 0 Å². The van der Waals surface area contributed by atoms with E-state index in [-0.39, 0.29) is 21.5 Å². The molecule has 6 N–H and O–H groups in total. The van der Waals surface area contributed by atoms with E-state index in [1.54, 1.807) is 19.2 Å². The average molecular weight is 462 g/mol. The first-order valence-corrected chi connectivity index (χ1v) is 11.5. The average Bonchev–Trinajstić information content (AvgIpc) is 3.24. The van der Waals surface area contributed by atoms with Crippen molar-refractivity contribution in [2.45, 2.75) is 15.0 Å². The molecular weight excluding hydrogens is 442 g/mol. The number of pyridine rings is 1. The monoisotopic (exact) mass is 461 g/mol. The van der Waals surface area contributed by atoms with E-state index in [2.05, 4.69) is 41.6 Å². The lowest BCUT2D eigenvalue weighted by atomic mass is 9.98. The van der Waals surface area contributed by atoms with Crippen molar-refractivity contribution in [1.29, 1.82) is 0 Å². The van der Waals surface area contributed by atoms with Crippen molar-refractivity contribution in [3.05, 3.63) is 24.5 Å². The van der Waals surface area contributed by atoms with Crippen LogP contribution in [-0.2, 0) is 14.8 Å². The molecular formula is C17H19N9O3S2. The van der Waals surface area contributed by atoms with E-state index in [9.17, 15) is 13.2 Å². The Morgan fingerprint density at radius 1 is 1.26 bits per heavy atom. The van der Waals surface area contributed by atoms with Crippen molar-refractivity contribution in [2.75, 3.05) is 30.8 Å². The summed E-state index contributed by atoms with van der Waals surface area (Å²) in [5.41, 5.74) is 2.03. The number of nitrogens with zero attached hydrogens (tertiary/aromatic N) is 4. The third-order valence-corrected chi connectivity index (χ3v) is 7.10. The highest BCUT2D eigenvalue weighted by molar-refractivity contribution is 8.00. The molecule has 1 aliphatic rings. The number of H-pyrrole nitrogens is 1. The van der Waals surface area contributed by atoms with E-state index < -0.39 is 10.0 Å². The second-order valence-electron chi connectivity index (χ2n) is 6.62. The van der Waals surface area contributed by atoms with Gasteiger partial charge in [0.05, 0.1) is 23.1 Å². The maximum Gasteiger partial charge on any atom is 0.239 e. The van der Waals surface area contributed by atoms with E-state index in [0.717, 1.165) is 13.1 Å². The molecule has 0 saturated carbocycles. The van der Waals surface area contributed by atoms with Gasteiger partial charge in [-0.2, -0.15) is 5.21 Å². The van der Waals surface area contributed by atoms with E-state index in [1.165, 1.54) is 24.2 Å². The van der Waals surface area contributed by atoms with Gasteiger partial charge in [0.2, 0.25) is 22.3 Å². The van der Waals surface area contributed by atoms with Crippen LogP contribution in [0.15, 0.2) is 34.3 Å². The van der Waals surface area contributed by atoms with Gasteiger partial charge in [-0.1, -0.05) is 6.07 Å². The molecule has 162 valence electrons. The van der Waals surface area contributed by atoms with Gasteiger partial charge in [-0.3, -0.25) is 9.78 Å². The molecule has 0 spiro atoms. The summed E-state index contributed by atoms with van der Waals surface area (Å²) in [5.74, 6) is 0.0557. The van der Waals surface area contributed by atoms with E-state index in [1.807, 2.05) is 0 Å². The highest BCUT2D eigenvalue weighted by Gasteiger charge is 2.30. The van der Waals surface area contributed by atoms with Crippen molar-refractivity contribution in [1.82, 2.24) is 30.9 Å². The first-order chi connectivity index (χ1) is 14.9. The molecule has 14 heteroatoms. The Kier molecular flexibility index (Phi) is 5.86. The number of amides is 1. The Balaban J connectivity index is 2.03. The summed E-state index contributed by atoms with van der Waals surface area (Å²) in [7, 11) is -2.50. The van der Waals surface area contributed by atoms with Crippen LogP contribution in [0.3, 0.4) is 0 Å². The highest BCUT2D eigenvalue weighted by Crippen LogP contribution is 2.44. The predicted molar refractivity (Wildman–Crippen MR) is 116 cm³/mol. The van der Waals surface area contributed by atoms with Gasteiger partial charge >= 0.3 is 0 Å². The molecule has 0 unspecified atom stereocenters. The number of thioether (sulfide) groups is 1. The quantitative estimate of drug-likeness (QED) is 0.292. The lowest BCUT2D eigenvalue weighted by Gasteiger charge is -2.27. The van der Waals surface area contributed by atoms with Crippen LogP contribution >= 0.6 is 11.8 Å². The number of hydrogen-bond donors (Lipinski definition) is 5. The number of aromatic amines is 1. The molecule has 1 saturated heterocycles. The molecule has 1 aromatic carbocycles. The lowest BCUT2D eigenvalue weighted by Crippen LogP contribution is -2.44. The van der Waals surface area contributed by atoms with Crippen LogP contribution in [-0.4, -0.2) is 65.8 Å². The van der Waals surface area contributed by atoms with Gasteiger partial charge in [-0.05, 0) is 16.8 Å². The van der Waals surface area contributed by atoms with Crippen LogP contribution in [0.25, 0.3) is 22.5 Å². The molecule has 2 aromatic heterocycles.